The van der Waals surface area contributed by atoms with Crippen molar-refractivity contribution in [1.29, 1.82) is 0 Å². The fourth-order valence-electron chi connectivity index (χ4n) is 1.15. The number of alkyl halides is 3. The van der Waals surface area contributed by atoms with Gasteiger partial charge < -0.3 is 5.32 Å². The highest BCUT2D eigenvalue weighted by atomic mass is 35.5. The van der Waals surface area contributed by atoms with E-state index in [1.807, 2.05) is 0 Å². The van der Waals surface area contributed by atoms with Gasteiger partial charge in [0.15, 0.2) is 0 Å². The van der Waals surface area contributed by atoms with Crippen molar-refractivity contribution < 1.29 is 18.0 Å². The van der Waals surface area contributed by atoms with Gasteiger partial charge in [-0.1, -0.05) is 11.6 Å². The van der Waals surface area contributed by atoms with E-state index in [9.17, 15) is 18.0 Å². The van der Waals surface area contributed by atoms with E-state index >= 15 is 0 Å². The molecule has 8 heteroatoms. The Kier molecular flexibility index (Phi) is 4.28. The quantitative estimate of drug-likeness (QED) is 0.913. The highest BCUT2D eigenvalue weighted by molar-refractivity contribution is 6.29. The van der Waals surface area contributed by atoms with Crippen molar-refractivity contribution in [3.8, 4) is 0 Å². The van der Waals surface area contributed by atoms with Gasteiger partial charge in [0, 0.05) is 6.04 Å². The van der Waals surface area contributed by atoms with Crippen LogP contribution in [0.15, 0.2) is 12.4 Å². The summed E-state index contributed by atoms with van der Waals surface area (Å²) >= 11 is 5.50. The number of hydrogen-bond donors (Lipinski definition) is 1. The minimum Gasteiger partial charge on any atom is -0.348 e. The lowest BCUT2D eigenvalue weighted by molar-refractivity contribution is -0.138. The number of carbonyl (C=O) groups excluding carboxylic acids is 1. The Balaban J connectivity index is 2.61. The molecular weight excluding hydrogens is 259 g/mol. The Hall–Kier alpha value is -1.37. The predicted octanol–water partition coefficient (Wildman–Crippen LogP) is 2.20. The number of aromatic nitrogens is 2. The Morgan fingerprint density at radius 1 is 1.53 bits per heavy atom. The summed E-state index contributed by atoms with van der Waals surface area (Å²) < 4.78 is 36.1. The molecule has 0 fully saturated rings. The zero-order chi connectivity index (χ0) is 13.1. The summed E-state index contributed by atoms with van der Waals surface area (Å²) in [6.45, 7) is 1.25. The molecule has 4 nitrogen and oxygen atoms in total. The smallest absolute Gasteiger partial charge is 0.348 e. The predicted molar refractivity (Wildman–Crippen MR) is 54.6 cm³/mol. The molecule has 0 radical (unpaired) electrons. The second kappa shape index (κ2) is 5.31. The van der Waals surface area contributed by atoms with E-state index in [-0.39, 0.29) is 10.8 Å². The minimum atomic E-state index is -4.33. The molecule has 0 aliphatic heterocycles. The monoisotopic (exact) mass is 267 g/mol. The van der Waals surface area contributed by atoms with Crippen LogP contribution in [0.4, 0.5) is 13.2 Å². The van der Waals surface area contributed by atoms with Gasteiger partial charge in [-0.2, -0.15) is 13.2 Å². The first-order valence-electron chi connectivity index (χ1n) is 4.63. The second-order valence-electron chi connectivity index (χ2n) is 3.42. The summed E-state index contributed by atoms with van der Waals surface area (Å²) in [7, 11) is 0. The standard InChI is InChI=1S/C9H9ClF3N3O/c1-5(2-9(11,12)13)15-8(17)6-3-14-4-7(10)16-6/h3-5H,2H2,1H3,(H,15,17). The first-order valence-corrected chi connectivity index (χ1v) is 5.01. The fraction of sp³-hybridized carbons (Fsp3) is 0.444. The third-order valence-corrected chi connectivity index (χ3v) is 1.94. The van der Waals surface area contributed by atoms with E-state index in [2.05, 4.69) is 15.3 Å². The second-order valence-corrected chi connectivity index (χ2v) is 3.81. The maximum absolute atomic E-state index is 12.0. The van der Waals surface area contributed by atoms with E-state index in [0.29, 0.717) is 0 Å². The summed E-state index contributed by atoms with van der Waals surface area (Å²) in [5.41, 5.74) is -0.119. The molecule has 0 spiro atoms. The van der Waals surface area contributed by atoms with Gasteiger partial charge in [-0.15, -0.1) is 0 Å². The Bertz CT molecular complexity index is 411. The zero-order valence-corrected chi connectivity index (χ0v) is 9.51. The molecule has 94 valence electrons. The topological polar surface area (TPSA) is 54.9 Å². The van der Waals surface area contributed by atoms with Gasteiger partial charge >= 0.3 is 6.18 Å². The maximum Gasteiger partial charge on any atom is 0.391 e. The van der Waals surface area contributed by atoms with Crippen LogP contribution in [0, 0.1) is 0 Å². The van der Waals surface area contributed by atoms with Gasteiger partial charge in [-0.25, -0.2) is 4.98 Å². The number of amides is 1. The lowest BCUT2D eigenvalue weighted by atomic mass is 10.2. The molecule has 1 aromatic heterocycles. The maximum atomic E-state index is 12.0. The van der Waals surface area contributed by atoms with Crippen LogP contribution >= 0.6 is 11.6 Å². The molecule has 0 saturated heterocycles. The molecule has 0 saturated carbocycles. The molecule has 0 aliphatic rings. The fourth-order valence-corrected chi connectivity index (χ4v) is 1.29. The van der Waals surface area contributed by atoms with Gasteiger partial charge in [0.2, 0.25) is 0 Å². The van der Waals surface area contributed by atoms with Crippen molar-refractivity contribution in [2.75, 3.05) is 0 Å². The molecule has 1 N–H and O–H groups in total. The first-order chi connectivity index (χ1) is 7.78. The molecule has 1 rings (SSSR count). The lowest BCUT2D eigenvalue weighted by Crippen LogP contribution is -2.36. The largest absolute Gasteiger partial charge is 0.391 e. The van der Waals surface area contributed by atoms with E-state index in [1.165, 1.54) is 13.1 Å². The van der Waals surface area contributed by atoms with E-state index < -0.39 is 24.5 Å². The van der Waals surface area contributed by atoms with Gasteiger partial charge in [0.25, 0.3) is 5.91 Å². The van der Waals surface area contributed by atoms with Crippen molar-refractivity contribution in [2.24, 2.45) is 0 Å². The third-order valence-electron chi connectivity index (χ3n) is 1.75. The van der Waals surface area contributed by atoms with Gasteiger partial charge in [-0.3, -0.25) is 9.78 Å². The van der Waals surface area contributed by atoms with Crippen LogP contribution in [0.3, 0.4) is 0 Å². The van der Waals surface area contributed by atoms with Gasteiger partial charge in [0.1, 0.15) is 10.8 Å². The Labute approximate surface area is 100 Å². The minimum absolute atomic E-state index is 0.00104. The van der Waals surface area contributed by atoms with Gasteiger partial charge in [0.05, 0.1) is 18.8 Å². The number of hydrogen-bond acceptors (Lipinski definition) is 3. The number of rotatable bonds is 3. The molecule has 1 heterocycles. The average molecular weight is 268 g/mol. The van der Waals surface area contributed by atoms with E-state index in [1.54, 1.807) is 0 Å². The molecule has 0 aliphatic carbocycles. The molecule has 1 unspecified atom stereocenters. The number of halogens is 4. The van der Waals surface area contributed by atoms with Gasteiger partial charge in [-0.05, 0) is 6.92 Å². The molecule has 17 heavy (non-hydrogen) atoms. The summed E-state index contributed by atoms with van der Waals surface area (Å²) in [4.78, 5) is 18.7. The van der Waals surface area contributed by atoms with Crippen LogP contribution < -0.4 is 5.32 Å². The molecule has 1 atom stereocenters. The van der Waals surface area contributed by atoms with E-state index in [4.69, 9.17) is 11.6 Å². The van der Waals surface area contributed by atoms with E-state index in [0.717, 1.165) is 6.20 Å². The van der Waals surface area contributed by atoms with Crippen molar-refractivity contribution in [3.63, 3.8) is 0 Å². The Morgan fingerprint density at radius 2 is 2.18 bits per heavy atom. The van der Waals surface area contributed by atoms with Crippen LogP contribution in [-0.2, 0) is 0 Å². The van der Waals surface area contributed by atoms with Crippen LogP contribution in [0.5, 0.6) is 0 Å². The highest BCUT2D eigenvalue weighted by Gasteiger charge is 2.30. The molecule has 1 aromatic rings. The first kappa shape index (κ1) is 13.7. The van der Waals surface area contributed by atoms with Crippen molar-refractivity contribution in [2.45, 2.75) is 25.6 Å². The van der Waals surface area contributed by atoms with Crippen molar-refractivity contribution in [3.05, 3.63) is 23.2 Å². The Morgan fingerprint density at radius 3 is 2.71 bits per heavy atom. The normalized spacial score (nSPS) is 13.2. The van der Waals surface area contributed by atoms with Crippen LogP contribution in [0.1, 0.15) is 23.8 Å². The number of nitrogens with one attached hydrogen (secondary N) is 1. The summed E-state index contributed by atoms with van der Waals surface area (Å²) in [5, 5.41) is 2.16. The summed E-state index contributed by atoms with van der Waals surface area (Å²) in [5.74, 6) is -0.739. The molecule has 0 aromatic carbocycles. The number of carbonyl (C=O) groups is 1. The van der Waals surface area contributed by atoms with Crippen molar-refractivity contribution in [1.82, 2.24) is 15.3 Å². The van der Waals surface area contributed by atoms with Crippen molar-refractivity contribution >= 4 is 17.5 Å². The summed E-state index contributed by atoms with van der Waals surface area (Å²) in [6, 6.07) is -1.04. The van der Waals surface area contributed by atoms with Crippen LogP contribution in [0.2, 0.25) is 5.15 Å². The SMILES string of the molecule is CC(CC(F)(F)F)NC(=O)c1cncc(Cl)n1. The zero-order valence-electron chi connectivity index (χ0n) is 8.75. The third kappa shape index (κ3) is 4.99. The van der Waals surface area contributed by atoms with Crippen LogP contribution in [-0.4, -0.2) is 28.1 Å². The molecule has 0 bridgehead atoms. The van der Waals surface area contributed by atoms with Crippen LogP contribution in [0.25, 0.3) is 0 Å². The summed E-state index contributed by atoms with van der Waals surface area (Å²) in [6.07, 6.45) is -3.08. The molecular formula is C9H9ClF3N3O. The lowest BCUT2D eigenvalue weighted by Gasteiger charge is -2.15. The highest BCUT2D eigenvalue weighted by Crippen LogP contribution is 2.21. The number of nitrogens with zero attached hydrogens (tertiary/aromatic N) is 2. The molecule has 1 amide bonds. The average Bonchev–Trinajstić information content (AvgIpc) is 2.14.